The van der Waals surface area contributed by atoms with Crippen LogP contribution in [0.3, 0.4) is 0 Å². The number of fused-ring (bicyclic) bond motifs is 1. The molecule has 0 saturated heterocycles. The van der Waals surface area contributed by atoms with E-state index in [9.17, 15) is 0 Å². The number of nitrogens with zero attached hydrogens (tertiary/aromatic N) is 1. The third-order valence-electron chi connectivity index (χ3n) is 3.14. The maximum atomic E-state index is 6.28. The van der Waals surface area contributed by atoms with Crippen LogP contribution in [0.5, 0.6) is 5.75 Å². The van der Waals surface area contributed by atoms with Crippen LogP contribution < -0.4 is 10.1 Å². The van der Waals surface area contributed by atoms with Gasteiger partial charge >= 0.3 is 0 Å². The van der Waals surface area contributed by atoms with Crippen LogP contribution in [0.25, 0.3) is 10.2 Å². The first kappa shape index (κ1) is 14.6. The SMILES string of the molecule is COc1ccc(CNc2c(Cl)ccc3scnc23)cc1Br. The molecular weight excluding hydrogens is 372 g/mol. The standard InChI is InChI=1S/C15H12BrClN2OS/c1-20-12-4-2-9(6-10(12)16)7-18-14-11(17)3-5-13-15(14)19-8-21-13/h2-6,8,18H,7H2,1H3. The third-order valence-corrected chi connectivity index (χ3v) is 4.87. The monoisotopic (exact) mass is 382 g/mol. The number of benzene rings is 2. The van der Waals surface area contributed by atoms with Gasteiger partial charge in [-0.3, -0.25) is 0 Å². The van der Waals surface area contributed by atoms with E-state index in [1.165, 1.54) is 0 Å². The van der Waals surface area contributed by atoms with Crippen molar-refractivity contribution in [1.29, 1.82) is 0 Å². The second kappa shape index (κ2) is 6.22. The van der Waals surface area contributed by atoms with Gasteiger partial charge in [0.1, 0.15) is 11.3 Å². The van der Waals surface area contributed by atoms with Crippen molar-refractivity contribution in [3.63, 3.8) is 0 Å². The molecule has 0 amide bonds. The molecule has 0 atom stereocenters. The highest BCUT2D eigenvalue weighted by Crippen LogP contribution is 2.33. The molecule has 0 unspecified atom stereocenters. The summed E-state index contributed by atoms with van der Waals surface area (Å²) in [6.45, 7) is 0.666. The maximum Gasteiger partial charge on any atom is 0.133 e. The van der Waals surface area contributed by atoms with Crippen LogP contribution in [-0.4, -0.2) is 12.1 Å². The van der Waals surface area contributed by atoms with Crippen molar-refractivity contribution in [3.05, 3.63) is 50.9 Å². The predicted octanol–water partition coefficient (Wildman–Crippen LogP) is 5.33. The molecule has 0 bridgehead atoms. The minimum atomic E-state index is 0.666. The van der Waals surface area contributed by atoms with Crippen LogP contribution in [0.2, 0.25) is 5.02 Å². The number of rotatable bonds is 4. The lowest BCUT2D eigenvalue weighted by molar-refractivity contribution is 0.412. The van der Waals surface area contributed by atoms with Crippen molar-refractivity contribution in [3.8, 4) is 5.75 Å². The second-order valence-corrected chi connectivity index (χ2v) is 6.59. The highest BCUT2D eigenvalue weighted by molar-refractivity contribution is 9.10. The van der Waals surface area contributed by atoms with Gasteiger partial charge in [-0.1, -0.05) is 17.7 Å². The van der Waals surface area contributed by atoms with Gasteiger partial charge in [0.25, 0.3) is 0 Å². The Morgan fingerprint density at radius 2 is 2.19 bits per heavy atom. The molecule has 0 fully saturated rings. The van der Waals surface area contributed by atoms with Gasteiger partial charge in [-0.05, 0) is 45.8 Å². The first-order chi connectivity index (χ1) is 10.2. The van der Waals surface area contributed by atoms with E-state index in [0.29, 0.717) is 11.6 Å². The molecule has 2 aromatic carbocycles. The lowest BCUT2D eigenvalue weighted by Crippen LogP contribution is -2.01. The molecule has 1 N–H and O–H groups in total. The molecule has 3 nitrogen and oxygen atoms in total. The summed E-state index contributed by atoms with van der Waals surface area (Å²) in [6, 6.07) is 9.87. The van der Waals surface area contributed by atoms with Gasteiger partial charge in [-0.25, -0.2) is 4.98 Å². The second-order valence-electron chi connectivity index (χ2n) is 4.44. The van der Waals surface area contributed by atoms with Crippen LogP contribution in [0.15, 0.2) is 40.3 Å². The topological polar surface area (TPSA) is 34.1 Å². The third kappa shape index (κ3) is 3.00. The van der Waals surface area contributed by atoms with Crippen molar-refractivity contribution in [2.45, 2.75) is 6.54 Å². The molecule has 21 heavy (non-hydrogen) atoms. The minimum absolute atomic E-state index is 0.666. The fourth-order valence-electron chi connectivity index (χ4n) is 2.08. The molecule has 3 rings (SSSR count). The molecule has 0 spiro atoms. The summed E-state index contributed by atoms with van der Waals surface area (Å²) < 4.78 is 7.29. The lowest BCUT2D eigenvalue weighted by Gasteiger charge is -2.11. The largest absolute Gasteiger partial charge is 0.496 e. The van der Waals surface area contributed by atoms with E-state index in [0.717, 1.165) is 31.7 Å². The molecule has 0 aliphatic rings. The molecule has 1 heterocycles. The molecule has 1 aromatic heterocycles. The van der Waals surface area contributed by atoms with Crippen molar-refractivity contribution in [2.24, 2.45) is 0 Å². The van der Waals surface area contributed by atoms with Gasteiger partial charge in [-0.2, -0.15) is 0 Å². The van der Waals surface area contributed by atoms with E-state index in [-0.39, 0.29) is 0 Å². The zero-order chi connectivity index (χ0) is 14.8. The summed E-state index contributed by atoms with van der Waals surface area (Å²) in [5, 5.41) is 4.06. The Hall–Kier alpha value is -1.30. The lowest BCUT2D eigenvalue weighted by atomic mass is 10.2. The van der Waals surface area contributed by atoms with E-state index >= 15 is 0 Å². The summed E-state index contributed by atoms with van der Waals surface area (Å²) >= 11 is 11.4. The number of hydrogen-bond donors (Lipinski definition) is 1. The van der Waals surface area contributed by atoms with Crippen molar-refractivity contribution >= 4 is 54.8 Å². The fourth-order valence-corrected chi connectivity index (χ4v) is 3.58. The van der Waals surface area contributed by atoms with Crippen LogP contribution >= 0.6 is 38.9 Å². The van der Waals surface area contributed by atoms with Gasteiger partial charge < -0.3 is 10.1 Å². The van der Waals surface area contributed by atoms with Gasteiger partial charge in [0.2, 0.25) is 0 Å². The van der Waals surface area contributed by atoms with E-state index in [4.69, 9.17) is 16.3 Å². The van der Waals surface area contributed by atoms with E-state index in [2.05, 4.69) is 26.2 Å². The number of nitrogens with one attached hydrogen (secondary N) is 1. The van der Waals surface area contributed by atoms with E-state index < -0.39 is 0 Å². The Kier molecular flexibility index (Phi) is 4.33. The van der Waals surface area contributed by atoms with Gasteiger partial charge in [-0.15, -0.1) is 11.3 Å². The quantitative estimate of drug-likeness (QED) is 0.661. The van der Waals surface area contributed by atoms with Gasteiger partial charge in [0, 0.05) is 6.54 Å². The Labute approximate surface area is 140 Å². The zero-order valence-electron chi connectivity index (χ0n) is 11.2. The summed E-state index contributed by atoms with van der Waals surface area (Å²) in [6.07, 6.45) is 0. The number of halogens is 2. The molecular formula is C15H12BrClN2OS. The molecule has 0 aliphatic carbocycles. The number of hydrogen-bond acceptors (Lipinski definition) is 4. The molecule has 0 aliphatic heterocycles. The minimum Gasteiger partial charge on any atom is -0.496 e. The van der Waals surface area contributed by atoms with Crippen molar-refractivity contribution < 1.29 is 4.74 Å². The zero-order valence-corrected chi connectivity index (χ0v) is 14.3. The highest BCUT2D eigenvalue weighted by atomic mass is 79.9. The first-order valence-electron chi connectivity index (χ1n) is 6.27. The fraction of sp³-hybridized carbons (Fsp3) is 0.133. The molecule has 6 heteroatoms. The van der Waals surface area contributed by atoms with Crippen LogP contribution in [-0.2, 0) is 6.54 Å². The summed E-state index contributed by atoms with van der Waals surface area (Å²) in [4.78, 5) is 4.38. The van der Waals surface area contributed by atoms with Gasteiger partial charge in [0.05, 0.1) is 32.5 Å². The highest BCUT2D eigenvalue weighted by Gasteiger charge is 2.09. The first-order valence-corrected chi connectivity index (χ1v) is 8.32. The Balaban J connectivity index is 1.85. The number of anilines is 1. The Morgan fingerprint density at radius 1 is 1.33 bits per heavy atom. The molecule has 0 radical (unpaired) electrons. The molecule has 108 valence electrons. The smallest absolute Gasteiger partial charge is 0.133 e. The average molecular weight is 384 g/mol. The summed E-state index contributed by atoms with van der Waals surface area (Å²) in [5.41, 5.74) is 4.75. The van der Waals surface area contributed by atoms with E-state index in [1.54, 1.807) is 18.4 Å². The molecule has 3 aromatic rings. The average Bonchev–Trinajstić information content (AvgIpc) is 2.95. The number of aromatic nitrogens is 1. The summed E-state index contributed by atoms with van der Waals surface area (Å²) in [7, 11) is 1.65. The Morgan fingerprint density at radius 3 is 2.95 bits per heavy atom. The van der Waals surface area contributed by atoms with Crippen LogP contribution in [0, 0.1) is 0 Å². The number of thiazole rings is 1. The normalized spacial score (nSPS) is 10.8. The predicted molar refractivity (Wildman–Crippen MR) is 92.7 cm³/mol. The van der Waals surface area contributed by atoms with E-state index in [1.807, 2.05) is 35.8 Å². The van der Waals surface area contributed by atoms with Crippen LogP contribution in [0.1, 0.15) is 5.56 Å². The van der Waals surface area contributed by atoms with Gasteiger partial charge in [0.15, 0.2) is 0 Å². The van der Waals surface area contributed by atoms with Crippen molar-refractivity contribution in [1.82, 2.24) is 4.98 Å². The number of ether oxygens (including phenoxy) is 1. The number of methoxy groups -OCH3 is 1. The summed E-state index contributed by atoms with van der Waals surface area (Å²) in [5.74, 6) is 0.818. The molecule has 0 saturated carbocycles. The Bertz CT molecular complexity index is 790. The van der Waals surface area contributed by atoms with Crippen molar-refractivity contribution in [2.75, 3.05) is 12.4 Å². The maximum absolute atomic E-state index is 6.28. The van der Waals surface area contributed by atoms with Crippen LogP contribution in [0.4, 0.5) is 5.69 Å².